The highest BCUT2D eigenvalue weighted by molar-refractivity contribution is 5.61. The summed E-state index contributed by atoms with van der Waals surface area (Å²) in [5, 5.41) is 5.02. The van der Waals surface area contributed by atoms with Crippen LogP contribution in [0.2, 0.25) is 0 Å². The van der Waals surface area contributed by atoms with Crippen LogP contribution in [-0.2, 0) is 0 Å². The highest BCUT2D eigenvalue weighted by Gasteiger charge is 2.00. The van der Waals surface area contributed by atoms with Gasteiger partial charge in [0.15, 0.2) is 0 Å². The second kappa shape index (κ2) is 9.97. The predicted octanol–water partition coefficient (Wildman–Crippen LogP) is 3.38. The van der Waals surface area contributed by atoms with Gasteiger partial charge >= 0.3 is 0 Å². The van der Waals surface area contributed by atoms with Gasteiger partial charge in [-0.1, -0.05) is 51.0 Å². The molecule has 0 saturated heterocycles. The van der Waals surface area contributed by atoms with E-state index in [1.165, 1.54) is 12.7 Å². The van der Waals surface area contributed by atoms with Gasteiger partial charge in [-0.05, 0) is 31.2 Å². The van der Waals surface area contributed by atoms with Crippen LogP contribution in [0.1, 0.15) is 32.8 Å². The van der Waals surface area contributed by atoms with Crippen LogP contribution in [0.15, 0.2) is 43.2 Å². The number of anilines is 2. The molecule has 118 valence electrons. The molecular formula is C20H23N3. The second-order valence-electron chi connectivity index (χ2n) is 4.77. The van der Waals surface area contributed by atoms with E-state index in [9.17, 15) is 0 Å². The number of allylic oxidation sites excluding steroid dienone is 1. The molecule has 1 heterocycles. The van der Waals surface area contributed by atoms with Crippen molar-refractivity contribution in [1.82, 2.24) is 9.97 Å². The quantitative estimate of drug-likeness (QED) is 0.883. The number of nitrogens with zero attached hydrogens (tertiary/aromatic N) is 2. The van der Waals surface area contributed by atoms with Crippen molar-refractivity contribution < 1.29 is 0 Å². The largest absolute Gasteiger partial charge is 0.340 e. The molecule has 0 atom stereocenters. The summed E-state index contributed by atoms with van der Waals surface area (Å²) in [6.07, 6.45) is 13.7. The Hall–Kier alpha value is -2.86. The van der Waals surface area contributed by atoms with Gasteiger partial charge < -0.3 is 5.32 Å². The summed E-state index contributed by atoms with van der Waals surface area (Å²) in [6, 6.07) is 7.63. The van der Waals surface area contributed by atoms with Crippen molar-refractivity contribution in [1.29, 1.82) is 0 Å². The summed E-state index contributed by atoms with van der Waals surface area (Å²) in [7, 11) is 0. The van der Waals surface area contributed by atoms with E-state index >= 15 is 0 Å². The van der Waals surface area contributed by atoms with Crippen LogP contribution >= 0.6 is 0 Å². The third-order valence-electron chi connectivity index (χ3n) is 2.76. The SMILES string of the molecule is C#Cc1cccc(Nc2ncnc(=C/C)/c2=C\C=C)c1.CCC. The predicted molar refractivity (Wildman–Crippen MR) is 99.7 cm³/mol. The molecule has 23 heavy (non-hydrogen) atoms. The first-order chi connectivity index (χ1) is 11.2. The van der Waals surface area contributed by atoms with E-state index < -0.39 is 0 Å². The van der Waals surface area contributed by atoms with Gasteiger partial charge in [-0.15, -0.1) is 6.42 Å². The summed E-state index contributed by atoms with van der Waals surface area (Å²) < 4.78 is 0. The maximum Gasteiger partial charge on any atom is 0.141 e. The van der Waals surface area contributed by atoms with Crippen molar-refractivity contribution in [3.8, 4) is 12.3 Å². The molecule has 0 radical (unpaired) electrons. The van der Waals surface area contributed by atoms with Crippen molar-refractivity contribution in [3.63, 3.8) is 0 Å². The molecule has 1 aromatic carbocycles. The lowest BCUT2D eigenvalue weighted by Crippen LogP contribution is -2.31. The van der Waals surface area contributed by atoms with Gasteiger partial charge in [-0.2, -0.15) is 0 Å². The molecular weight excluding hydrogens is 282 g/mol. The number of benzene rings is 1. The van der Waals surface area contributed by atoms with Gasteiger partial charge in [0.25, 0.3) is 0 Å². The number of aromatic nitrogens is 2. The van der Waals surface area contributed by atoms with Crippen molar-refractivity contribution >= 4 is 23.7 Å². The highest BCUT2D eigenvalue weighted by atomic mass is 15.0. The average molecular weight is 305 g/mol. The smallest absolute Gasteiger partial charge is 0.141 e. The Morgan fingerprint density at radius 2 is 2.04 bits per heavy atom. The Morgan fingerprint density at radius 1 is 1.30 bits per heavy atom. The van der Waals surface area contributed by atoms with E-state index in [1.807, 2.05) is 43.3 Å². The van der Waals surface area contributed by atoms with Crippen LogP contribution in [0.4, 0.5) is 11.5 Å². The Morgan fingerprint density at radius 3 is 2.65 bits per heavy atom. The van der Waals surface area contributed by atoms with E-state index in [1.54, 1.807) is 6.08 Å². The fourth-order valence-electron chi connectivity index (χ4n) is 1.84. The molecule has 3 nitrogen and oxygen atoms in total. The third-order valence-corrected chi connectivity index (χ3v) is 2.76. The summed E-state index contributed by atoms with van der Waals surface area (Å²) in [4.78, 5) is 8.52. The lowest BCUT2D eigenvalue weighted by atomic mass is 10.2. The monoisotopic (exact) mass is 305 g/mol. The van der Waals surface area contributed by atoms with Gasteiger partial charge in [0, 0.05) is 16.5 Å². The number of hydrogen-bond donors (Lipinski definition) is 1. The number of hydrogen-bond acceptors (Lipinski definition) is 3. The van der Waals surface area contributed by atoms with E-state index in [2.05, 4.69) is 41.6 Å². The first kappa shape index (κ1) is 18.2. The van der Waals surface area contributed by atoms with Gasteiger partial charge in [0.05, 0.1) is 5.35 Å². The zero-order valence-corrected chi connectivity index (χ0v) is 14.0. The van der Waals surface area contributed by atoms with Crippen LogP contribution in [0.3, 0.4) is 0 Å². The molecule has 0 amide bonds. The molecule has 0 fully saturated rings. The van der Waals surface area contributed by atoms with Crippen LogP contribution in [0.25, 0.3) is 12.2 Å². The standard InChI is InChI=1S/C17H15N3.C3H8/c1-4-8-15-16(6-3)18-12-19-17(15)20-14-10-7-9-13(5-2)11-14;1-3-2/h2,4,6-12H,1H2,3H3,(H,18,19,20);3H2,1-2H3/b15-8+,16-6+;. The second-order valence-corrected chi connectivity index (χ2v) is 4.77. The summed E-state index contributed by atoms with van der Waals surface area (Å²) in [6.45, 7) is 9.91. The van der Waals surface area contributed by atoms with Gasteiger partial charge in [0.1, 0.15) is 12.1 Å². The van der Waals surface area contributed by atoms with Crippen LogP contribution < -0.4 is 15.9 Å². The topological polar surface area (TPSA) is 37.8 Å². The van der Waals surface area contributed by atoms with Crippen molar-refractivity contribution in [3.05, 3.63) is 59.4 Å². The fourth-order valence-corrected chi connectivity index (χ4v) is 1.84. The molecule has 2 aromatic rings. The molecule has 1 aromatic heterocycles. The van der Waals surface area contributed by atoms with Crippen LogP contribution in [-0.4, -0.2) is 9.97 Å². The minimum absolute atomic E-state index is 0.724. The van der Waals surface area contributed by atoms with E-state index in [-0.39, 0.29) is 0 Å². The number of rotatable bonds is 3. The lowest BCUT2D eigenvalue weighted by Gasteiger charge is -2.06. The zero-order valence-electron chi connectivity index (χ0n) is 14.0. The maximum atomic E-state index is 5.41. The van der Waals surface area contributed by atoms with E-state index in [0.717, 1.165) is 27.6 Å². The summed E-state index contributed by atoms with van der Waals surface area (Å²) in [5.41, 5.74) is 1.71. The Balaban J connectivity index is 0.000000816. The summed E-state index contributed by atoms with van der Waals surface area (Å²) in [5.74, 6) is 3.34. The number of nitrogens with one attached hydrogen (secondary N) is 1. The van der Waals surface area contributed by atoms with Crippen molar-refractivity contribution in [2.75, 3.05) is 5.32 Å². The third kappa shape index (κ3) is 5.44. The van der Waals surface area contributed by atoms with Gasteiger partial charge in [-0.3, -0.25) is 0 Å². The molecule has 3 heteroatoms. The van der Waals surface area contributed by atoms with Crippen LogP contribution in [0.5, 0.6) is 0 Å². The van der Waals surface area contributed by atoms with Crippen molar-refractivity contribution in [2.45, 2.75) is 27.2 Å². The fraction of sp³-hybridized carbons (Fsp3) is 0.200. The van der Waals surface area contributed by atoms with Gasteiger partial charge in [-0.25, -0.2) is 9.97 Å². The molecule has 0 aliphatic heterocycles. The molecule has 0 aliphatic carbocycles. The molecule has 0 bridgehead atoms. The molecule has 1 N–H and O–H groups in total. The minimum Gasteiger partial charge on any atom is -0.340 e. The maximum absolute atomic E-state index is 5.41. The van der Waals surface area contributed by atoms with Gasteiger partial charge in [0.2, 0.25) is 0 Å². The Bertz CT molecular complexity index is 798. The first-order valence-corrected chi connectivity index (χ1v) is 7.63. The summed E-state index contributed by atoms with van der Waals surface area (Å²) >= 11 is 0. The lowest BCUT2D eigenvalue weighted by molar-refractivity contribution is 1.09. The zero-order chi connectivity index (χ0) is 17.1. The molecule has 0 aliphatic rings. The molecule has 0 saturated carbocycles. The molecule has 0 spiro atoms. The average Bonchev–Trinajstić information content (AvgIpc) is 2.57. The first-order valence-electron chi connectivity index (χ1n) is 7.63. The van der Waals surface area contributed by atoms with Crippen molar-refractivity contribution in [2.24, 2.45) is 0 Å². The number of terminal acetylenes is 1. The highest BCUT2D eigenvalue weighted by Crippen LogP contribution is 2.12. The minimum atomic E-state index is 0.724. The molecule has 2 rings (SSSR count). The molecule has 0 unspecified atom stereocenters. The van der Waals surface area contributed by atoms with E-state index in [0.29, 0.717) is 0 Å². The Labute approximate surface area is 138 Å². The van der Waals surface area contributed by atoms with Crippen LogP contribution in [0, 0.1) is 12.3 Å². The van der Waals surface area contributed by atoms with E-state index in [4.69, 9.17) is 6.42 Å². The Kier molecular flexibility index (Phi) is 7.88. The normalized spacial score (nSPS) is 11.2.